The summed E-state index contributed by atoms with van der Waals surface area (Å²) in [7, 11) is -2.49. The zero-order valence-electron chi connectivity index (χ0n) is 27.0. The number of hydrogen-bond acceptors (Lipinski definition) is 14. The Hall–Kier alpha value is -4.34. The predicted octanol–water partition coefficient (Wildman–Crippen LogP) is 5.14. The summed E-state index contributed by atoms with van der Waals surface area (Å²) < 4.78 is 65.6. The Morgan fingerprint density at radius 2 is 1.22 bits per heavy atom. The van der Waals surface area contributed by atoms with Crippen LogP contribution in [0, 0.1) is 0 Å². The Kier molecular flexibility index (Phi) is 18.4. The van der Waals surface area contributed by atoms with Crippen molar-refractivity contribution in [3.05, 3.63) is 95.6 Å². The molecule has 0 heterocycles. The van der Waals surface area contributed by atoms with Crippen molar-refractivity contribution in [2.45, 2.75) is 13.2 Å². The number of amides is 1. The fourth-order valence-corrected chi connectivity index (χ4v) is 4.89. The Labute approximate surface area is 284 Å². The fraction of sp³-hybridized carbons (Fsp3) is 0.364. The smallest absolute Gasteiger partial charge is 0.495 e. The van der Waals surface area contributed by atoms with E-state index in [-0.39, 0.29) is 77.4 Å². The summed E-state index contributed by atoms with van der Waals surface area (Å²) in [4.78, 5) is 34.4. The van der Waals surface area contributed by atoms with E-state index in [9.17, 15) is 18.9 Å². The van der Waals surface area contributed by atoms with Crippen molar-refractivity contribution in [3.63, 3.8) is 0 Å². The highest BCUT2D eigenvalue weighted by molar-refractivity contribution is 7.48. The van der Waals surface area contributed by atoms with Crippen molar-refractivity contribution >= 4 is 32.0 Å². The zero-order chi connectivity index (χ0) is 35.0. The van der Waals surface area contributed by atoms with Gasteiger partial charge in [-0.2, -0.15) is 0 Å². The molecule has 1 amide bonds. The maximum absolute atomic E-state index is 13.2. The van der Waals surface area contributed by atoms with Crippen LogP contribution in [0.1, 0.15) is 21.5 Å². The van der Waals surface area contributed by atoms with Gasteiger partial charge in [0.05, 0.1) is 77.8 Å². The second-order valence-electron chi connectivity index (χ2n) is 9.61. The molecular weight excluding hydrogens is 665 g/mol. The number of carbonyl (C=O) groups is 3. The lowest BCUT2D eigenvalue weighted by atomic mass is 10.2. The molecule has 0 bridgehead atoms. The van der Waals surface area contributed by atoms with E-state index in [4.69, 9.17) is 46.7 Å². The van der Waals surface area contributed by atoms with E-state index in [1.807, 2.05) is 60.7 Å². The van der Waals surface area contributed by atoms with Crippen LogP contribution < -0.4 is 10.1 Å². The molecular formula is C33H40NO14P. The molecule has 0 unspecified atom stereocenters. The number of esters is 1. The molecule has 0 radical (unpaired) electrons. The third-order valence-corrected chi connectivity index (χ3v) is 7.54. The van der Waals surface area contributed by atoms with E-state index in [2.05, 4.69) is 5.32 Å². The molecule has 0 saturated carbocycles. The molecule has 0 aliphatic carbocycles. The monoisotopic (exact) mass is 705 g/mol. The van der Waals surface area contributed by atoms with Crippen molar-refractivity contribution in [1.82, 2.24) is 0 Å². The molecule has 0 saturated heterocycles. The van der Waals surface area contributed by atoms with E-state index >= 15 is 0 Å². The van der Waals surface area contributed by atoms with Gasteiger partial charge in [-0.1, -0.05) is 60.7 Å². The number of nitrogens with one attached hydrogen (secondary N) is 1. The van der Waals surface area contributed by atoms with Crippen LogP contribution in [-0.2, 0) is 64.6 Å². The molecule has 0 aromatic heterocycles. The summed E-state index contributed by atoms with van der Waals surface area (Å²) in [5.41, 5.74) is 2.15. The summed E-state index contributed by atoms with van der Waals surface area (Å²) in [5.74, 6) is -0.521. The van der Waals surface area contributed by atoms with Gasteiger partial charge in [-0.05, 0) is 29.3 Å². The maximum atomic E-state index is 13.2. The van der Waals surface area contributed by atoms with Crippen LogP contribution in [-0.4, -0.2) is 85.3 Å². The minimum atomic E-state index is -3.86. The molecule has 16 heteroatoms. The molecule has 1 N–H and O–H groups in total. The normalized spacial score (nSPS) is 11.0. The van der Waals surface area contributed by atoms with Crippen LogP contribution in [0.15, 0.2) is 78.9 Å². The van der Waals surface area contributed by atoms with Gasteiger partial charge in [0.1, 0.15) is 12.4 Å². The van der Waals surface area contributed by atoms with E-state index in [0.717, 1.165) is 11.1 Å². The van der Waals surface area contributed by atoms with E-state index in [1.165, 1.54) is 25.3 Å². The summed E-state index contributed by atoms with van der Waals surface area (Å²) >= 11 is 0. The molecule has 0 aliphatic heterocycles. The number of phosphoric ester groups is 1. The Morgan fingerprint density at radius 1 is 0.673 bits per heavy atom. The van der Waals surface area contributed by atoms with Crippen LogP contribution in [0.3, 0.4) is 0 Å². The van der Waals surface area contributed by atoms with Gasteiger partial charge in [0, 0.05) is 0 Å². The van der Waals surface area contributed by atoms with Crippen molar-refractivity contribution < 1.29 is 65.7 Å². The predicted molar refractivity (Wildman–Crippen MR) is 174 cm³/mol. The molecule has 0 aliphatic rings. The third kappa shape index (κ3) is 16.1. The molecule has 0 fully saturated rings. The number of ether oxygens (including phenoxy) is 7. The van der Waals surface area contributed by atoms with Crippen molar-refractivity contribution in [2.24, 2.45) is 0 Å². The lowest BCUT2D eigenvalue weighted by Crippen LogP contribution is -2.17. The summed E-state index contributed by atoms with van der Waals surface area (Å²) in [5, 5.41) is 2.43. The number of rotatable bonds is 25. The second-order valence-corrected chi connectivity index (χ2v) is 11.3. The fourth-order valence-electron chi connectivity index (χ4n) is 3.76. The van der Waals surface area contributed by atoms with Gasteiger partial charge in [0.15, 0.2) is 0 Å². The number of anilines is 1. The van der Waals surface area contributed by atoms with Gasteiger partial charge in [-0.3, -0.25) is 18.4 Å². The Bertz CT molecular complexity index is 1400. The highest BCUT2D eigenvalue weighted by Gasteiger charge is 2.27. The SMILES string of the molecule is COc1cc(C(=O)OCOC(=O)OCCOCCOCCOCCOP(=O)(OCc2ccccc2)OCc2ccccc2)ccc1NC=O. The van der Waals surface area contributed by atoms with E-state index < -0.39 is 26.7 Å². The van der Waals surface area contributed by atoms with Crippen LogP contribution >= 0.6 is 7.82 Å². The minimum absolute atomic E-state index is 0.0147. The topological polar surface area (TPSA) is 173 Å². The van der Waals surface area contributed by atoms with Crippen molar-refractivity contribution in [3.8, 4) is 5.75 Å². The maximum Gasteiger partial charge on any atom is 0.511 e. The zero-order valence-corrected chi connectivity index (χ0v) is 27.9. The van der Waals surface area contributed by atoms with Crippen LogP contribution in [0.4, 0.5) is 10.5 Å². The highest BCUT2D eigenvalue weighted by atomic mass is 31.2. The van der Waals surface area contributed by atoms with Gasteiger partial charge < -0.3 is 38.5 Å². The molecule has 3 aromatic carbocycles. The average molecular weight is 706 g/mol. The molecule has 266 valence electrons. The number of hydrogen-bond donors (Lipinski definition) is 1. The number of methoxy groups -OCH3 is 1. The Morgan fingerprint density at radius 3 is 1.78 bits per heavy atom. The first-order chi connectivity index (χ1) is 23.9. The summed E-state index contributed by atoms with van der Waals surface area (Å²) in [6.07, 6.45) is -0.568. The lowest BCUT2D eigenvalue weighted by Gasteiger charge is -2.18. The first kappa shape index (κ1) is 39.1. The second kappa shape index (κ2) is 23.1. The molecule has 15 nitrogen and oxygen atoms in total. The summed E-state index contributed by atoms with van der Waals surface area (Å²) in [6, 6.07) is 22.8. The van der Waals surface area contributed by atoms with E-state index in [1.54, 1.807) is 0 Å². The van der Waals surface area contributed by atoms with Crippen LogP contribution in [0.2, 0.25) is 0 Å². The van der Waals surface area contributed by atoms with Crippen molar-refractivity contribution in [2.75, 3.05) is 72.1 Å². The van der Waals surface area contributed by atoms with Gasteiger partial charge in [-0.25, -0.2) is 14.2 Å². The van der Waals surface area contributed by atoms with E-state index in [0.29, 0.717) is 12.1 Å². The average Bonchev–Trinajstić information content (AvgIpc) is 3.13. The van der Waals surface area contributed by atoms with Gasteiger partial charge in [-0.15, -0.1) is 0 Å². The molecule has 0 spiro atoms. The minimum Gasteiger partial charge on any atom is -0.495 e. The lowest BCUT2D eigenvalue weighted by molar-refractivity contribution is -0.105. The van der Waals surface area contributed by atoms with Gasteiger partial charge >= 0.3 is 19.9 Å². The molecule has 49 heavy (non-hydrogen) atoms. The number of phosphoric acid groups is 1. The largest absolute Gasteiger partial charge is 0.511 e. The standard InChI is InChI=1S/C33H40NO14P/c1-39-31-22-29(12-13-30(31)34-25-35)32(36)44-26-45-33(37)43-20-18-41-16-14-40-15-17-42-19-21-46-49(38,47-23-27-8-4-2-5-9-27)48-24-28-10-6-3-7-11-28/h2-13,22,25H,14-21,23-24,26H2,1H3,(H,34,35). The quantitative estimate of drug-likeness (QED) is 0.0404. The van der Waals surface area contributed by atoms with Crippen LogP contribution in [0.5, 0.6) is 5.75 Å². The molecule has 3 rings (SSSR count). The number of carbonyl (C=O) groups excluding carboxylic acids is 3. The summed E-state index contributed by atoms with van der Waals surface area (Å²) in [6.45, 7) is 0.642. The Balaban J connectivity index is 1.17. The highest BCUT2D eigenvalue weighted by Crippen LogP contribution is 2.50. The van der Waals surface area contributed by atoms with Crippen molar-refractivity contribution in [1.29, 1.82) is 0 Å². The first-order valence-electron chi connectivity index (χ1n) is 15.1. The third-order valence-electron chi connectivity index (χ3n) is 6.15. The van der Waals surface area contributed by atoms with Crippen LogP contribution in [0.25, 0.3) is 0 Å². The molecule has 0 atom stereocenters. The van der Waals surface area contributed by atoms with Gasteiger partial charge in [0.25, 0.3) is 0 Å². The van der Waals surface area contributed by atoms with Gasteiger partial charge in [0.2, 0.25) is 13.2 Å². The number of benzene rings is 3. The molecule has 3 aromatic rings. The first-order valence-corrected chi connectivity index (χ1v) is 16.6.